The molecule has 12 heteroatoms. The molecule has 8 nitrogen and oxygen atoms in total. The Morgan fingerprint density at radius 2 is 2.06 bits per heavy atom. The summed E-state index contributed by atoms with van der Waals surface area (Å²) in [4.78, 5) is 16.5. The van der Waals surface area contributed by atoms with Crippen molar-refractivity contribution >= 4 is 17.6 Å². The molecule has 32 heavy (non-hydrogen) atoms. The number of hydrogen-bond acceptors (Lipinski definition) is 8. The van der Waals surface area contributed by atoms with E-state index in [0.29, 0.717) is 30.2 Å². The predicted octanol–water partition coefficient (Wildman–Crippen LogP) is 2.79. The van der Waals surface area contributed by atoms with Crippen LogP contribution in [0.3, 0.4) is 0 Å². The number of anilines is 3. The van der Waals surface area contributed by atoms with E-state index in [1.807, 2.05) is 0 Å². The second-order valence-electron chi connectivity index (χ2n) is 8.44. The van der Waals surface area contributed by atoms with Gasteiger partial charge in [0.2, 0.25) is 5.95 Å². The van der Waals surface area contributed by atoms with Crippen molar-refractivity contribution in [1.29, 1.82) is 0 Å². The van der Waals surface area contributed by atoms with Gasteiger partial charge in [-0.05, 0) is 12.5 Å². The minimum Gasteiger partial charge on any atom is -0.431 e. The lowest BCUT2D eigenvalue weighted by molar-refractivity contribution is -0.0494. The normalized spacial score (nSPS) is 26.4. The van der Waals surface area contributed by atoms with Gasteiger partial charge < -0.3 is 25.0 Å². The van der Waals surface area contributed by atoms with Gasteiger partial charge in [0, 0.05) is 36.8 Å². The van der Waals surface area contributed by atoms with Crippen molar-refractivity contribution in [3.8, 4) is 17.0 Å². The van der Waals surface area contributed by atoms with E-state index in [0.717, 1.165) is 6.42 Å². The molecule has 3 saturated heterocycles. The zero-order valence-electron chi connectivity index (χ0n) is 17.2. The Morgan fingerprint density at radius 3 is 2.69 bits per heavy atom. The number of alkyl halides is 4. The molecule has 3 atom stereocenters. The number of pyridine rings is 1. The van der Waals surface area contributed by atoms with E-state index in [1.54, 1.807) is 6.07 Å². The molecule has 3 unspecified atom stereocenters. The molecule has 2 aromatic rings. The Balaban J connectivity index is 1.56. The third kappa shape index (κ3) is 3.76. The van der Waals surface area contributed by atoms with Crippen LogP contribution >= 0.6 is 0 Å². The molecule has 2 bridgehead atoms. The van der Waals surface area contributed by atoms with E-state index in [1.165, 1.54) is 24.1 Å². The van der Waals surface area contributed by atoms with Crippen molar-refractivity contribution in [2.24, 2.45) is 5.92 Å². The quantitative estimate of drug-likeness (QED) is 0.690. The van der Waals surface area contributed by atoms with Gasteiger partial charge in [-0.2, -0.15) is 13.8 Å². The lowest BCUT2D eigenvalue weighted by Crippen LogP contribution is -2.38. The van der Waals surface area contributed by atoms with Crippen LogP contribution in [0.5, 0.6) is 5.75 Å². The summed E-state index contributed by atoms with van der Waals surface area (Å²) in [6.45, 7) is -0.781. The number of fused-ring (bicyclic) bond motifs is 2. The summed E-state index contributed by atoms with van der Waals surface area (Å²) in [5.74, 6) is -3.46. The van der Waals surface area contributed by atoms with E-state index in [4.69, 9.17) is 10.5 Å². The fraction of sp³-hybridized carbons (Fsp3) is 0.550. The van der Waals surface area contributed by atoms with Crippen molar-refractivity contribution in [2.75, 3.05) is 41.8 Å². The third-order valence-electron chi connectivity index (χ3n) is 6.19. The summed E-state index contributed by atoms with van der Waals surface area (Å²) in [6.07, 6.45) is 2.34. The standard InChI is InChI=1S/C20H22F4N6O2/c1-10-6-29(9-20(10,23)24)19-27-14(11-2-15(32-18(21)22)17(25)26-5-11)4-16(28-19)30-7-13-3-12(30)8-31-13/h2,4-5,10,12-13,18H,3,6-9H2,1H3,(H2,25,26). The molecular weight excluding hydrogens is 432 g/mol. The van der Waals surface area contributed by atoms with Crippen LogP contribution in [0, 0.1) is 5.92 Å². The van der Waals surface area contributed by atoms with E-state index < -0.39 is 25.0 Å². The summed E-state index contributed by atoms with van der Waals surface area (Å²) in [5, 5.41) is 0. The van der Waals surface area contributed by atoms with Gasteiger partial charge in [0.15, 0.2) is 11.6 Å². The van der Waals surface area contributed by atoms with E-state index in [2.05, 4.69) is 24.6 Å². The van der Waals surface area contributed by atoms with E-state index in [-0.39, 0.29) is 36.2 Å². The lowest BCUT2D eigenvalue weighted by Gasteiger charge is -2.29. The summed E-state index contributed by atoms with van der Waals surface area (Å²) >= 11 is 0. The summed E-state index contributed by atoms with van der Waals surface area (Å²) in [7, 11) is 0. The van der Waals surface area contributed by atoms with Gasteiger partial charge >= 0.3 is 6.61 Å². The fourth-order valence-corrected chi connectivity index (χ4v) is 4.42. The summed E-state index contributed by atoms with van der Waals surface area (Å²) in [6, 6.07) is 3.14. The van der Waals surface area contributed by atoms with Gasteiger partial charge in [-0.25, -0.2) is 18.7 Å². The molecular formula is C20H22F4N6O2. The Hall–Kier alpha value is -2.89. The predicted molar refractivity (Wildman–Crippen MR) is 108 cm³/mol. The van der Waals surface area contributed by atoms with Gasteiger partial charge in [-0.1, -0.05) is 6.92 Å². The monoisotopic (exact) mass is 454 g/mol. The highest BCUT2D eigenvalue weighted by atomic mass is 19.3. The molecule has 0 aromatic carbocycles. The Labute approximate surface area is 181 Å². The minimum absolute atomic E-state index is 0.0993. The molecule has 5 heterocycles. The Morgan fingerprint density at radius 1 is 1.25 bits per heavy atom. The average Bonchev–Trinajstić information content (AvgIpc) is 3.44. The third-order valence-corrected chi connectivity index (χ3v) is 6.19. The molecule has 0 aliphatic carbocycles. The zero-order chi connectivity index (χ0) is 22.6. The molecule has 3 fully saturated rings. The van der Waals surface area contributed by atoms with Crippen molar-refractivity contribution in [3.63, 3.8) is 0 Å². The van der Waals surface area contributed by atoms with Crippen LogP contribution in [-0.2, 0) is 4.74 Å². The van der Waals surface area contributed by atoms with Gasteiger partial charge in [0.1, 0.15) is 5.82 Å². The number of nitrogens with zero attached hydrogens (tertiary/aromatic N) is 5. The second kappa shape index (κ2) is 7.61. The maximum Gasteiger partial charge on any atom is 0.387 e. The first-order valence-electron chi connectivity index (χ1n) is 10.3. The Kier molecular flexibility index (Phi) is 4.99. The van der Waals surface area contributed by atoms with Gasteiger partial charge in [0.25, 0.3) is 5.92 Å². The van der Waals surface area contributed by atoms with Crippen LogP contribution in [-0.4, -0.2) is 65.9 Å². The number of ether oxygens (including phenoxy) is 2. The van der Waals surface area contributed by atoms with Crippen LogP contribution in [0.25, 0.3) is 11.3 Å². The second-order valence-corrected chi connectivity index (χ2v) is 8.44. The van der Waals surface area contributed by atoms with Crippen molar-refractivity contribution in [2.45, 2.75) is 38.0 Å². The first-order chi connectivity index (χ1) is 15.2. The van der Waals surface area contributed by atoms with Crippen LogP contribution in [0.2, 0.25) is 0 Å². The number of nitrogens with two attached hydrogens (primary N) is 1. The van der Waals surface area contributed by atoms with Crippen molar-refractivity contribution in [3.05, 3.63) is 18.3 Å². The number of nitrogen functional groups attached to an aromatic ring is 1. The average molecular weight is 454 g/mol. The van der Waals surface area contributed by atoms with Crippen LogP contribution < -0.4 is 20.3 Å². The smallest absolute Gasteiger partial charge is 0.387 e. The van der Waals surface area contributed by atoms with Crippen LogP contribution in [0.4, 0.5) is 35.1 Å². The molecule has 3 aliphatic heterocycles. The topological polar surface area (TPSA) is 89.6 Å². The molecule has 0 radical (unpaired) electrons. The molecule has 5 rings (SSSR count). The van der Waals surface area contributed by atoms with E-state index in [9.17, 15) is 17.6 Å². The fourth-order valence-electron chi connectivity index (χ4n) is 4.42. The zero-order valence-corrected chi connectivity index (χ0v) is 17.2. The number of aromatic nitrogens is 3. The van der Waals surface area contributed by atoms with Gasteiger partial charge in [-0.15, -0.1) is 0 Å². The maximum absolute atomic E-state index is 14.2. The summed E-state index contributed by atoms with van der Waals surface area (Å²) < 4.78 is 64.0. The molecule has 2 N–H and O–H groups in total. The molecule has 3 aliphatic rings. The molecule has 2 aromatic heterocycles. The largest absolute Gasteiger partial charge is 0.431 e. The Bertz CT molecular complexity index is 1030. The first-order valence-corrected chi connectivity index (χ1v) is 10.3. The van der Waals surface area contributed by atoms with Gasteiger partial charge in [-0.3, -0.25) is 0 Å². The molecule has 172 valence electrons. The molecule has 0 spiro atoms. The van der Waals surface area contributed by atoms with Crippen molar-refractivity contribution in [1.82, 2.24) is 15.0 Å². The number of halogens is 4. The minimum atomic E-state index is -3.07. The SMILES string of the molecule is CC1CN(c2nc(-c3cnc(N)c(OC(F)F)c3)cc(N3CC4CC3CO4)n2)CC1(F)F. The summed E-state index contributed by atoms with van der Waals surface area (Å²) in [5.41, 5.74) is 6.36. The maximum atomic E-state index is 14.2. The van der Waals surface area contributed by atoms with Crippen LogP contribution in [0.15, 0.2) is 18.3 Å². The van der Waals surface area contributed by atoms with Crippen molar-refractivity contribution < 1.29 is 27.0 Å². The molecule has 0 saturated carbocycles. The lowest BCUT2D eigenvalue weighted by atomic mass is 10.1. The highest BCUT2D eigenvalue weighted by molar-refractivity contribution is 5.68. The number of rotatable bonds is 5. The number of hydrogen-bond donors (Lipinski definition) is 1. The van der Waals surface area contributed by atoms with Crippen LogP contribution in [0.1, 0.15) is 13.3 Å². The van der Waals surface area contributed by atoms with Gasteiger partial charge in [0.05, 0.1) is 31.0 Å². The highest BCUT2D eigenvalue weighted by Gasteiger charge is 2.46. The van der Waals surface area contributed by atoms with E-state index >= 15 is 0 Å². The number of morpholine rings is 1. The highest BCUT2D eigenvalue weighted by Crippen LogP contribution is 2.38. The molecule has 0 amide bonds. The first kappa shape index (κ1) is 21.0.